The Bertz CT molecular complexity index is 1330. The van der Waals surface area contributed by atoms with Crippen LogP contribution in [0, 0.1) is 19.8 Å². The molecule has 2 aromatic heterocycles. The van der Waals surface area contributed by atoms with Gasteiger partial charge in [0, 0.05) is 29.9 Å². The first-order valence-corrected chi connectivity index (χ1v) is 12.5. The number of ether oxygens (including phenoxy) is 1. The minimum absolute atomic E-state index is 0.782. The molecule has 1 saturated carbocycles. The Morgan fingerprint density at radius 1 is 1.06 bits per heavy atom. The van der Waals surface area contributed by atoms with Gasteiger partial charge >= 0.3 is 0 Å². The molecular formula is C29H32N4O. The van der Waals surface area contributed by atoms with E-state index in [1.807, 2.05) is 6.20 Å². The second-order valence-electron chi connectivity index (χ2n) is 9.95. The van der Waals surface area contributed by atoms with Gasteiger partial charge in [0.25, 0.3) is 0 Å². The summed E-state index contributed by atoms with van der Waals surface area (Å²) in [6, 6.07) is 15.0. The molecule has 6 rings (SSSR count). The number of aromatic nitrogens is 3. The normalized spacial score (nSPS) is 15.0. The van der Waals surface area contributed by atoms with Crippen LogP contribution in [0.25, 0.3) is 16.8 Å². The number of aryl methyl sites for hydroxylation is 3. The summed E-state index contributed by atoms with van der Waals surface area (Å²) in [4.78, 5) is 7.78. The van der Waals surface area contributed by atoms with Gasteiger partial charge in [-0.05, 0) is 86.3 Å². The zero-order valence-corrected chi connectivity index (χ0v) is 20.3. The van der Waals surface area contributed by atoms with Crippen LogP contribution in [0.3, 0.4) is 0 Å². The third-order valence-electron chi connectivity index (χ3n) is 7.35. The molecule has 5 nitrogen and oxygen atoms in total. The van der Waals surface area contributed by atoms with Gasteiger partial charge in [0.1, 0.15) is 11.6 Å². The number of hydrogen-bond acceptors (Lipinski definition) is 4. The number of methoxy groups -OCH3 is 1. The standard InChI is InChI=1S/C29H32N4O/c1-19-14-23(34-3)15-20(2)27(19)25-16-30-33-28(25)31-26-11-7-10-24(26)29(33)32(18-22-12-13-22)17-21-8-5-4-6-9-21/h4-6,8-9,14-16,22H,7,10-13,17-18H2,1-3H3. The van der Waals surface area contributed by atoms with Crippen molar-refractivity contribution < 1.29 is 4.74 Å². The number of anilines is 1. The van der Waals surface area contributed by atoms with Crippen LogP contribution >= 0.6 is 0 Å². The monoisotopic (exact) mass is 452 g/mol. The van der Waals surface area contributed by atoms with Gasteiger partial charge in [-0.3, -0.25) is 0 Å². The van der Waals surface area contributed by atoms with Gasteiger partial charge in [-0.15, -0.1) is 0 Å². The fourth-order valence-corrected chi connectivity index (χ4v) is 5.56. The van der Waals surface area contributed by atoms with Gasteiger partial charge in [0.15, 0.2) is 5.65 Å². The highest BCUT2D eigenvalue weighted by Crippen LogP contribution is 2.39. The van der Waals surface area contributed by atoms with E-state index in [4.69, 9.17) is 14.8 Å². The molecule has 0 spiro atoms. The number of fused-ring (bicyclic) bond motifs is 2. The molecule has 0 amide bonds. The molecule has 0 aliphatic heterocycles. The molecule has 2 aliphatic carbocycles. The Balaban J connectivity index is 1.53. The van der Waals surface area contributed by atoms with Gasteiger partial charge in [-0.1, -0.05) is 30.3 Å². The number of hydrogen-bond donors (Lipinski definition) is 0. The molecule has 174 valence electrons. The maximum absolute atomic E-state index is 5.50. The third kappa shape index (κ3) is 3.73. The second kappa shape index (κ2) is 8.46. The summed E-state index contributed by atoms with van der Waals surface area (Å²) in [5.74, 6) is 2.93. The van der Waals surface area contributed by atoms with Crippen molar-refractivity contribution in [1.82, 2.24) is 14.6 Å². The first-order valence-electron chi connectivity index (χ1n) is 12.5. The number of nitrogens with zero attached hydrogens (tertiary/aromatic N) is 4. The highest BCUT2D eigenvalue weighted by Gasteiger charge is 2.30. The van der Waals surface area contributed by atoms with E-state index in [1.54, 1.807) is 7.11 Å². The number of benzene rings is 2. The van der Waals surface area contributed by atoms with Crippen LogP contribution < -0.4 is 9.64 Å². The predicted molar refractivity (Wildman–Crippen MR) is 137 cm³/mol. The van der Waals surface area contributed by atoms with Crippen molar-refractivity contribution in [2.45, 2.75) is 52.5 Å². The molecule has 2 aromatic carbocycles. The minimum Gasteiger partial charge on any atom is -0.497 e. The van der Waals surface area contributed by atoms with Crippen LogP contribution in [0.5, 0.6) is 5.75 Å². The molecule has 2 heterocycles. The molecule has 5 heteroatoms. The molecular weight excluding hydrogens is 420 g/mol. The molecule has 0 N–H and O–H groups in total. The van der Waals surface area contributed by atoms with Crippen LogP contribution in [0.2, 0.25) is 0 Å². The van der Waals surface area contributed by atoms with Gasteiger partial charge in [-0.25, -0.2) is 4.98 Å². The summed E-state index contributed by atoms with van der Waals surface area (Å²) >= 11 is 0. The second-order valence-corrected chi connectivity index (χ2v) is 9.95. The van der Waals surface area contributed by atoms with E-state index in [0.717, 1.165) is 48.8 Å². The molecule has 0 saturated heterocycles. The average Bonchev–Trinajstić information content (AvgIpc) is 3.37. The smallest absolute Gasteiger partial charge is 0.165 e. The van der Waals surface area contributed by atoms with E-state index < -0.39 is 0 Å². The maximum atomic E-state index is 5.50. The molecule has 34 heavy (non-hydrogen) atoms. The lowest BCUT2D eigenvalue weighted by atomic mass is 9.97. The van der Waals surface area contributed by atoms with E-state index in [9.17, 15) is 0 Å². The van der Waals surface area contributed by atoms with Crippen molar-refractivity contribution in [3.8, 4) is 16.9 Å². The van der Waals surface area contributed by atoms with E-state index in [2.05, 4.69) is 65.7 Å². The van der Waals surface area contributed by atoms with Gasteiger partial charge < -0.3 is 9.64 Å². The summed E-state index contributed by atoms with van der Waals surface area (Å²) in [7, 11) is 1.72. The number of rotatable bonds is 7. The van der Waals surface area contributed by atoms with E-state index in [1.165, 1.54) is 58.6 Å². The topological polar surface area (TPSA) is 42.7 Å². The Hall–Kier alpha value is -3.34. The van der Waals surface area contributed by atoms with Gasteiger partial charge in [0.05, 0.1) is 13.3 Å². The van der Waals surface area contributed by atoms with Crippen LogP contribution in [0.1, 0.15) is 47.2 Å². The lowest BCUT2D eigenvalue weighted by Gasteiger charge is -2.28. The summed E-state index contributed by atoms with van der Waals surface area (Å²) in [5, 5.41) is 4.97. The summed E-state index contributed by atoms with van der Waals surface area (Å²) < 4.78 is 7.64. The maximum Gasteiger partial charge on any atom is 0.165 e. The molecule has 0 radical (unpaired) electrons. The molecule has 0 bridgehead atoms. The van der Waals surface area contributed by atoms with Crippen molar-refractivity contribution in [2.75, 3.05) is 18.6 Å². The fraction of sp³-hybridized carbons (Fsp3) is 0.379. The van der Waals surface area contributed by atoms with Crippen LogP contribution in [0.15, 0.2) is 48.7 Å². The van der Waals surface area contributed by atoms with Gasteiger partial charge in [-0.2, -0.15) is 9.61 Å². The Morgan fingerprint density at radius 2 is 1.82 bits per heavy atom. The third-order valence-corrected chi connectivity index (χ3v) is 7.35. The zero-order chi connectivity index (χ0) is 23.2. The summed E-state index contributed by atoms with van der Waals surface area (Å²) in [5.41, 5.74) is 9.66. The van der Waals surface area contributed by atoms with Crippen molar-refractivity contribution >= 4 is 11.5 Å². The quantitative estimate of drug-likeness (QED) is 0.349. The highest BCUT2D eigenvalue weighted by atomic mass is 16.5. The lowest BCUT2D eigenvalue weighted by Crippen LogP contribution is -2.29. The first kappa shape index (κ1) is 21.2. The van der Waals surface area contributed by atoms with Crippen molar-refractivity contribution in [3.05, 3.63) is 76.6 Å². The first-order chi connectivity index (χ1) is 16.6. The largest absolute Gasteiger partial charge is 0.497 e. The molecule has 2 aliphatic rings. The molecule has 0 atom stereocenters. The van der Waals surface area contributed by atoms with E-state index in [0.29, 0.717) is 0 Å². The molecule has 4 aromatic rings. The van der Waals surface area contributed by atoms with Crippen LogP contribution in [-0.4, -0.2) is 28.3 Å². The Kier molecular flexibility index (Phi) is 5.28. The van der Waals surface area contributed by atoms with Crippen LogP contribution in [-0.2, 0) is 19.4 Å². The minimum atomic E-state index is 0.782. The lowest BCUT2D eigenvalue weighted by molar-refractivity contribution is 0.414. The predicted octanol–water partition coefficient (Wildman–Crippen LogP) is 5.93. The zero-order valence-electron chi connectivity index (χ0n) is 20.3. The molecule has 1 fully saturated rings. The Labute approximate surface area is 201 Å². The SMILES string of the molecule is COc1cc(C)c(-c2cnn3c(N(Cc4ccccc4)CC4CC4)c4c(nc23)CCC4)c(C)c1. The highest BCUT2D eigenvalue weighted by molar-refractivity contribution is 5.83. The summed E-state index contributed by atoms with van der Waals surface area (Å²) in [6.45, 7) is 6.28. The van der Waals surface area contributed by atoms with Crippen molar-refractivity contribution in [2.24, 2.45) is 5.92 Å². The Morgan fingerprint density at radius 3 is 2.53 bits per heavy atom. The van der Waals surface area contributed by atoms with Gasteiger partial charge in [0.2, 0.25) is 0 Å². The summed E-state index contributed by atoms with van der Waals surface area (Å²) in [6.07, 6.45) is 7.97. The van der Waals surface area contributed by atoms with Crippen LogP contribution in [0.4, 0.5) is 5.82 Å². The van der Waals surface area contributed by atoms with E-state index >= 15 is 0 Å². The van der Waals surface area contributed by atoms with Crippen molar-refractivity contribution in [1.29, 1.82) is 0 Å². The molecule has 0 unspecified atom stereocenters. The van der Waals surface area contributed by atoms with E-state index in [-0.39, 0.29) is 0 Å². The average molecular weight is 453 g/mol. The fourth-order valence-electron chi connectivity index (χ4n) is 5.56. The van der Waals surface area contributed by atoms with Crippen molar-refractivity contribution in [3.63, 3.8) is 0 Å².